The number of amides is 1. The van der Waals surface area contributed by atoms with Crippen LogP contribution in [0.5, 0.6) is 0 Å². The molecule has 0 unspecified atom stereocenters. The number of aliphatic carboxylic acids is 1. The summed E-state index contributed by atoms with van der Waals surface area (Å²) < 4.78 is 1.82. The molecular formula is C21H21N4O4S2-. The Kier molecular flexibility index (Phi) is 6.38. The largest absolute Gasteiger partial charge is 0.550 e. The van der Waals surface area contributed by atoms with Crippen molar-refractivity contribution in [3.8, 4) is 0 Å². The molecule has 2 aliphatic heterocycles. The number of aromatic nitrogens is 2. The van der Waals surface area contributed by atoms with Gasteiger partial charge < -0.3 is 14.8 Å². The summed E-state index contributed by atoms with van der Waals surface area (Å²) in [5, 5.41) is 10.7. The van der Waals surface area contributed by atoms with Gasteiger partial charge in [0.1, 0.15) is 15.8 Å². The zero-order chi connectivity index (χ0) is 22.0. The number of carbonyl (C=O) groups is 2. The predicted octanol–water partition coefficient (Wildman–Crippen LogP) is 1.42. The molecule has 162 valence electrons. The van der Waals surface area contributed by atoms with Crippen LogP contribution in [0.2, 0.25) is 0 Å². The zero-order valence-electron chi connectivity index (χ0n) is 16.8. The minimum Gasteiger partial charge on any atom is -0.550 e. The molecule has 31 heavy (non-hydrogen) atoms. The Morgan fingerprint density at radius 3 is 2.74 bits per heavy atom. The van der Waals surface area contributed by atoms with Gasteiger partial charge in [0.2, 0.25) is 0 Å². The van der Waals surface area contributed by atoms with Crippen molar-refractivity contribution in [2.75, 3.05) is 24.5 Å². The summed E-state index contributed by atoms with van der Waals surface area (Å²) in [6, 6.07) is 5.38. The van der Waals surface area contributed by atoms with Gasteiger partial charge >= 0.3 is 0 Å². The van der Waals surface area contributed by atoms with E-state index in [1.807, 2.05) is 6.07 Å². The van der Waals surface area contributed by atoms with Gasteiger partial charge in [-0.25, -0.2) is 4.98 Å². The lowest BCUT2D eigenvalue weighted by molar-refractivity contribution is -0.305. The van der Waals surface area contributed by atoms with Crippen molar-refractivity contribution in [3.05, 3.63) is 45.2 Å². The number of carboxylic acids is 1. The normalized spacial score (nSPS) is 18.4. The van der Waals surface area contributed by atoms with Gasteiger partial charge in [-0.1, -0.05) is 30.0 Å². The molecule has 2 saturated heterocycles. The standard InChI is InChI=1S/C21H22N4O4S2/c26-17(27)8-6-12-25-20(29)15(31-21(25)30)13-14-18(23-9-3-1-4-10-23)22-16-7-2-5-11-24(16)19(14)28/h2,5,7,11,13H,1,3-4,6,8-10,12H2,(H,26,27)/p-1. The molecule has 1 amide bonds. The lowest BCUT2D eigenvalue weighted by Gasteiger charge is -2.29. The van der Waals surface area contributed by atoms with E-state index in [0.29, 0.717) is 26.3 Å². The van der Waals surface area contributed by atoms with E-state index in [-0.39, 0.29) is 30.9 Å². The number of carboxylic acid groups (broad SMARTS) is 1. The maximum Gasteiger partial charge on any atom is 0.267 e. The number of fused-ring (bicyclic) bond motifs is 1. The van der Waals surface area contributed by atoms with E-state index in [1.54, 1.807) is 24.4 Å². The summed E-state index contributed by atoms with van der Waals surface area (Å²) in [5.41, 5.74) is 0.675. The number of pyridine rings is 1. The Morgan fingerprint density at radius 2 is 2.00 bits per heavy atom. The average Bonchev–Trinajstić information content (AvgIpc) is 3.03. The van der Waals surface area contributed by atoms with Crippen molar-refractivity contribution >= 4 is 57.7 Å². The fourth-order valence-corrected chi connectivity index (χ4v) is 5.06. The monoisotopic (exact) mass is 457 g/mol. The third kappa shape index (κ3) is 4.49. The highest BCUT2D eigenvalue weighted by Gasteiger charge is 2.32. The van der Waals surface area contributed by atoms with Gasteiger partial charge in [0, 0.05) is 31.8 Å². The Morgan fingerprint density at radius 1 is 1.23 bits per heavy atom. The second kappa shape index (κ2) is 9.19. The first-order valence-electron chi connectivity index (χ1n) is 10.2. The number of rotatable bonds is 6. The van der Waals surface area contributed by atoms with Crippen molar-refractivity contribution in [1.82, 2.24) is 14.3 Å². The SMILES string of the molecule is O=C([O-])CCCN1C(=O)C(=Cc2c(N3CCCCC3)nc3ccccn3c2=O)SC1=S. The van der Waals surface area contributed by atoms with Gasteiger partial charge in [-0.15, -0.1) is 0 Å². The van der Waals surface area contributed by atoms with E-state index in [4.69, 9.17) is 17.2 Å². The molecule has 0 bridgehead atoms. The molecule has 0 radical (unpaired) electrons. The van der Waals surface area contributed by atoms with Crippen LogP contribution in [0.3, 0.4) is 0 Å². The molecule has 8 nitrogen and oxygen atoms in total. The third-order valence-corrected chi connectivity index (χ3v) is 6.69. The van der Waals surface area contributed by atoms with E-state index in [9.17, 15) is 19.5 Å². The zero-order valence-corrected chi connectivity index (χ0v) is 18.4. The van der Waals surface area contributed by atoms with E-state index in [2.05, 4.69) is 4.90 Å². The maximum absolute atomic E-state index is 13.3. The van der Waals surface area contributed by atoms with E-state index in [0.717, 1.165) is 44.1 Å². The average molecular weight is 458 g/mol. The molecule has 4 heterocycles. The van der Waals surface area contributed by atoms with Crippen LogP contribution in [0, 0.1) is 0 Å². The van der Waals surface area contributed by atoms with Crippen LogP contribution in [0.15, 0.2) is 34.1 Å². The molecule has 0 N–H and O–H groups in total. The topological polar surface area (TPSA) is 98.0 Å². The van der Waals surface area contributed by atoms with Gasteiger partial charge in [0.05, 0.1) is 10.5 Å². The van der Waals surface area contributed by atoms with Crippen molar-refractivity contribution < 1.29 is 14.7 Å². The quantitative estimate of drug-likeness (QED) is 0.475. The Labute approximate surface area is 188 Å². The third-order valence-electron chi connectivity index (χ3n) is 5.32. The number of hydrogen-bond donors (Lipinski definition) is 0. The maximum atomic E-state index is 13.3. The van der Waals surface area contributed by atoms with E-state index < -0.39 is 5.97 Å². The summed E-state index contributed by atoms with van der Waals surface area (Å²) in [6.45, 7) is 1.81. The number of hydrogen-bond acceptors (Lipinski definition) is 8. The van der Waals surface area contributed by atoms with Gasteiger partial charge in [-0.2, -0.15) is 0 Å². The minimum absolute atomic E-state index is 0.148. The second-order valence-electron chi connectivity index (χ2n) is 7.44. The Hall–Kier alpha value is -2.72. The first kappa shape index (κ1) is 21.5. The van der Waals surface area contributed by atoms with Crippen LogP contribution in [0.25, 0.3) is 11.7 Å². The van der Waals surface area contributed by atoms with Gasteiger partial charge in [-0.3, -0.25) is 18.9 Å². The summed E-state index contributed by atoms with van der Waals surface area (Å²) >= 11 is 6.43. The van der Waals surface area contributed by atoms with Crippen LogP contribution < -0.4 is 15.6 Å². The smallest absolute Gasteiger partial charge is 0.267 e. The molecular weight excluding hydrogens is 436 g/mol. The Balaban J connectivity index is 1.73. The number of anilines is 1. The number of carbonyl (C=O) groups excluding carboxylic acids is 2. The van der Waals surface area contributed by atoms with E-state index >= 15 is 0 Å². The van der Waals surface area contributed by atoms with Crippen LogP contribution in [0.1, 0.15) is 37.7 Å². The van der Waals surface area contributed by atoms with Crippen LogP contribution >= 0.6 is 24.0 Å². The molecule has 2 aromatic rings. The molecule has 10 heteroatoms. The van der Waals surface area contributed by atoms with Crippen molar-refractivity contribution in [3.63, 3.8) is 0 Å². The number of thiocarbonyl (C=S) groups is 1. The molecule has 4 rings (SSSR count). The van der Waals surface area contributed by atoms with Crippen LogP contribution in [-0.4, -0.2) is 50.1 Å². The van der Waals surface area contributed by atoms with Crippen LogP contribution in [0.4, 0.5) is 5.82 Å². The van der Waals surface area contributed by atoms with Gasteiger partial charge in [-0.05, 0) is 50.3 Å². The molecule has 0 aliphatic carbocycles. The highest BCUT2D eigenvalue weighted by molar-refractivity contribution is 8.26. The molecule has 2 aromatic heterocycles. The number of piperidine rings is 1. The predicted molar refractivity (Wildman–Crippen MR) is 122 cm³/mol. The summed E-state index contributed by atoms with van der Waals surface area (Å²) in [7, 11) is 0. The van der Waals surface area contributed by atoms with Crippen molar-refractivity contribution in [2.24, 2.45) is 0 Å². The summed E-state index contributed by atoms with van der Waals surface area (Å²) in [5.74, 6) is -0.906. The van der Waals surface area contributed by atoms with Crippen molar-refractivity contribution in [1.29, 1.82) is 0 Å². The first-order chi connectivity index (χ1) is 15.0. The highest BCUT2D eigenvalue weighted by atomic mass is 32.2. The molecule has 0 atom stereocenters. The lowest BCUT2D eigenvalue weighted by Crippen LogP contribution is -2.33. The molecule has 2 fully saturated rings. The molecule has 2 aliphatic rings. The summed E-state index contributed by atoms with van der Waals surface area (Å²) in [6.07, 6.45) is 6.53. The van der Waals surface area contributed by atoms with Gasteiger partial charge in [0.25, 0.3) is 11.5 Å². The lowest BCUT2D eigenvalue weighted by atomic mass is 10.1. The minimum atomic E-state index is -1.16. The Bertz CT molecular complexity index is 1140. The molecule has 0 spiro atoms. The fraction of sp³-hybridized carbons (Fsp3) is 0.381. The fourth-order valence-electron chi connectivity index (χ4n) is 3.77. The molecule has 0 saturated carbocycles. The highest BCUT2D eigenvalue weighted by Crippen LogP contribution is 2.34. The summed E-state index contributed by atoms with van der Waals surface area (Å²) in [4.78, 5) is 45.4. The number of thioether (sulfide) groups is 1. The number of nitrogens with zero attached hydrogens (tertiary/aromatic N) is 4. The molecule has 0 aromatic carbocycles. The van der Waals surface area contributed by atoms with Crippen LogP contribution in [-0.2, 0) is 9.59 Å². The first-order valence-corrected chi connectivity index (χ1v) is 11.4. The van der Waals surface area contributed by atoms with Crippen molar-refractivity contribution in [2.45, 2.75) is 32.1 Å². The van der Waals surface area contributed by atoms with Gasteiger partial charge in [0.15, 0.2) is 0 Å². The second-order valence-corrected chi connectivity index (χ2v) is 9.12. The van der Waals surface area contributed by atoms with E-state index in [1.165, 1.54) is 9.30 Å².